The van der Waals surface area contributed by atoms with Gasteiger partial charge in [-0.15, -0.1) is 11.3 Å². The van der Waals surface area contributed by atoms with Crippen LogP contribution in [0.2, 0.25) is 0 Å². The van der Waals surface area contributed by atoms with Gasteiger partial charge in [-0.1, -0.05) is 6.92 Å². The van der Waals surface area contributed by atoms with E-state index in [1.54, 1.807) is 23.4 Å². The second-order valence-corrected chi connectivity index (χ2v) is 10.6. The first-order chi connectivity index (χ1) is 16.6. The topological polar surface area (TPSA) is 98.8 Å². The highest BCUT2D eigenvalue weighted by Gasteiger charge is 2.48. The number of carbonyl (C=O) groups is 1. The van der Waals surface area contributed by atoms with Gasteiger partial charge in [0.15, 0.2) is 5.13 Å². The van der Waals surface area contributed by atoms with Crippen molar-refractivity contribution in [3.63, 3.8) is 0 Å². The van der Waals surface area contributed by atoms with Gasteiger partial charge >= 0.3 is 6.03 Å². The number of carbonyl (C=O) groups excluding carboxylic acids is 1. The first-order valence-electron chi connectivity index (χ1n) is 11.7. The quantitative estimate of drug-likeness (QED) is 0.573. The summed E-state index contributed by atoms with van der Waals surface area (Å²) in [7, 11) is 3.46. The lowest BCUT2D eigenvalue weighted by atomic mass is 9.95. The van der Waals surface area contributed by atoms with Gasteiger partial charge in [0.05, 0.1) is 0 Å². The van der Waals surface area contributed by atoms with E-state index in [0.717, 1.165) is 29.3 Å². The Labute approximate surface area is 207 Å². The highest BCUT2D eigenvalue weighted by Crippen LogP contribution is 2.33. The molecule has 13 heteroatoms. The van der Waals surface area contributed by atoms with Crippen LogP contribution in [0.1, 0.15) is 24.6 Å². The van der Waals surface area contributed by atoms with Crippen molar-refractivity contribution in [3.05, 3.63) is 23.3 Å². The van der Waals surface area contributed by atoms with Crippen LogP contribution in [0.15, 0.2) is 18.5 Å². The number of aryl methyl sites for hydroxylation is 1. The highest BCUT2D eigenvalue weighted by molar-refractivity contribution is 7.15. The number of nitrogens with one attached hydrogen (secondary N) is 2. The minimum Gasteiger partial charge on any atom is -0.388 e. The maximum atomic E-state index is 14.8. The van der Waals surface area contributed by atoms with Crippen LogP contribution in [-0.4, -0.2) is 89.1 Å². The molecule has 4 rings (SSSR count). The number of likely N-dealkylation sites (N-methyl/N-ethyl adjacent to an activating group) is 1. The monoisotopic (exact) mass is 510 g/mol. The molecule has 3 unspecified atom stereocenters. The molecule has 0 saturated carbocycles. The normalized spacial score (nSPS) is 24.7. The SMILES string of the molecule is Cc1cnc(NC(=O)N(C)C2CN(c3nccc(ONC4CCN(C)CC4C)n3)CCC2(F)F)s1. The van der Waals surface area contributed by atoms with Crippen LogP contribution in [-0.2, 0) is 0 Å². The van der Waals surface area contributed by atoms with E-state index in [9.17, 15) is 13.6 Å². The number of thiazole rings is 1. The Kier molecular flexibility index (Phi) is 7.67. The largest absolute Gasteiger partial charge is 0.388 e. The van der Waals surface area contributed by atoms with E-state index in [4.69, 9.17) is 4.84 Å². The summed E-state index contributed by atoms with van der Waals surface area (Å²) in [6.45, 7) is 5.92. The van der Waals surface area contributed by atoms with Gasteiger partial charge in [-0.3, -0.25) is 5.32 Å². The Morgan fingerprint density at radius 3 is 2.83 bits per heavy atom. The van der Waals surface area contributed by atoms with E-state index in [1.807, 2.05) is 6.92 Å². The average Bonchev–Trinajstić information content (AvgIpc) is 3.22. The van der Waals surface area contributed by atoms with Crippen molar-refractivity contribution in [2.45, 2.75) is 44.7 Å². The molecule has 2 aliphatic rings. The molecule has 2 aromatic heterocycles. The van der Waals surface area contributed by atoms with Crippen LogP contribution in [0.3, 0.4) is 0 Å². The summed E-state index contributed by atoms with van der Waals surface area (Å²) < 4.78 is 29.7. The van der Waals surface area contributed by atoms with Crippen molar-refractivity contribution in [3.8, 4) is 5.88 Å². The average molecular weight is 511 g/mol. The minimum absolute atomic E-state index is 0.0630. The zero-order chi connectivity index (χ0) is 25.2. The number of hydrogen-bond acceptors (Lipinski definition) is 9. The van der Waals surface area contributed by atoms with Crippen LogP contribution < -0.4 is 20.5 Å². The van der Waals surface area contributed by atoms with Gasteiger partial charge in [-0.2, -0.15) is 10.5 Å². The van der Waals surface area contributed by atoms with Crippen LogP contribution in [0.5, 0.6) is 5.88 Å². The summed E-state index contributed by atoms with van der Waals surface area (Å²) in [6, 6.07) is -0.178. The molecule has 0 radical (unpaired) electrons. The van der Waals surface area contributed by atoms with Gasteiger partial charge in [0.25, 0.3) is 5.92 Å². The maximum absolute atomic E-state index is 14.8. The van der Waals surface area contributed by atoms with Crippen LogP contribution in [0, 0.1) is 12.8 Å². The molecule has 0 aliphatic carbocycles. The Bertz CT molecular complexity index is 1020. The van der Waals surface area contributed by atoms with Crippen LogP contribution in [0.4, 0.5) is 24.7 Å². The van der Waals surface area contributed by atoms with E-state index in [0.29, 0.717) is 16.9 Å². The lowest BCUT2D eigenvalue weighted by Crippen LogP contribution is -2.60. The predicted octanol–water partition coefficient (Wildman–Crippen LogP) is 2.84. The van der Waals surface area contributed by atoms with E-state index in [2.05, 4.69) is 44.6 Å². The maximum Gasteiger partial charge on any atom is 0.323 e. The van der Waals surface area contributed by atoms with Gasteiger partial charge in [0.1, 0.15) is 6.04 Å². The number of amides is 2. The Morgan fingerprint density at radius 1 is 1.31 bits per heavy atom. The summed E-state index contributed by atoms with van der Waals surface area (Å²) in [5, 5.41) is 2.97. The smallest absolute Gasteiger partial charge is 0.323 e. The number of hydrogen-bond donors (Lipinski definition) is 2. The van der Waals surface area contributed by atoms with Gasteiger partial charge < -0.3 is 19.5 Å². The second kappa shape index (κ2) is 10.5. The molecule has 2 aromatic rings. The van der Waals surface area contributed by atoms with Crippen LogP contribution in [0.25, 0.3) is 0 Å². The first-order valence-corrected chi connectivity index (χ1v) is 12.5. The first kappa shape index (κ1) is 25.5. The Hall–Kier alpha value is -2.64. The van der Waals surface area contributed by atoms with E-state index < -0.39 is 24.4 Å². The van der Waals surface area contributed by atoms with Gasteiger partial charge in [0.2, 0.25) is 11.8 Å². The number of likely N-dealkylation sites (tertiary alicyclic amines) is 1. The fourth-order valence-corrected chi connectivity index (χ4v) is 5.07. The summed E-state index contributed by atoms with van der Waals surface area (Å²) >= 11 is 1.28. The molecule has 2 aliphatic heterocycles. The lowest BCUT2D eigenvalue weighted by molar-refractivity contribution is -0.0760. The number of halogens is 2. The summed E-state index contributed by atoms with van der Waals surface area (Å²) in [5.74, 6) is -2.04. The molecule has 0 bridgehead atoms. The third-order valence-electron chi connectivity index (χ3n) is 6.54. The molecule has 0 aromatic carbocycles. The van der Waals surface area contributed by atoms with Crippen molar-refractivity contribution in [1.29, 1.82) is 0 Å². The molecule has 2 amide bonds. The number of urea groups is 1. The third-order valence-corrected chi connectivity index (χ3v) is 7.37. The molecule has 2 saturated heterocycles. The zero-order valence-electron chi connectivity index (χ0n) is 20.4. The summed E-state index contributed by atoms with van der Waals surface area (Å²) in [6.07, 6.45) is 3.69. The number of piperidine rings is 2. The van der Waals surface area contributed by atoms with Crippen molar-refractivity contribution >= 4 is 28.4 Å². The fraction of sp³-hybridized carbons (Fsp3) is 0.636. The number of aromatic nitrogens is 3. The van der Waals surface area contributed by atoms with E-state index in [1.165, 1.54) is 18.4 Å². The second-order valence-electron chi connectivity index (χ2n) is 9.34. The van der Waals surface area contributed by atoms with Crippen LogP contribution >= 0.6 is 11.3 Å². The molecule has 2 N–H and O–H groups in total. The zero-order valence-corrected chi connectivity index (χ0v) is 21.2. The number of alkyl halides is 2. The number of hydroxylamine groups is 1. The lowest BCUT2D eigenvalue weighted by Gasteiger charge is -2.42. The number of anilines is 2. The molecule has 2 fully saturated rings. The van der Waals surface area contributed by atoms with E-state index in [-0.39, 0.29) is 25.1 Å². The highest BCUT2D eigenvalue weighted by atomic mass is 32.1. The minimum atomic E-state index is -3.05. The third kappa shape index (κ3) is 6.14. The van der Waals surface area contributed by atoms with Crippen molar-refractivity contribution < 1.29 is 18.4 Å². The molecule has 10 nitrogen and oxygen atoms in total. The standard InChI is InChI=1S/C22H32F2N8O2S/c1-14-12-30(3)9-6-16(14)29-34-18-5-8-25-19(27-18)32-10-7-22(23,24)17(13-32)31(4)21(33)28-20-26-11-15(2)35-20/h5,8,11,14,16-17,29H,6-7,9-10,12-13H2,1-4H3,(H,26,28,33). The Balaban J connectivity index is 1.40. The molecular weight excluding hydrogens is 478 g/mol. The van der Waals surface area contributed by atoms with Gasteiger partial charge in [-0.05, 0) is 32.9 Å². The summed E-state index contributed by atoms with van der Waals surface area (Å²) in [5.41, 5.74) is 3.10. The molecule has 4 heterocycles. The van der Waals surface area contributed by atoms with Crippen molar-refractivity contribution in [2.75, 3.05) is 50.5 Å². The molecule has 0 spiro atoms. The van der Waals surface area contributed by atoms with Gasteiger partial charge in [-0.25, -0.2) is 23.5 Å². The van der Waals surface area contributed by atoms with Crippen molar-refractivity contribution in [2.24, 2.45) is 5.92 Å². The molecule has 35 heavy (non-hydrogen) atoms. The molecule has 3 atom stereocenters. The van der Waals surface area contributed by atoms with Crippen molar-refractivity contribution in [1.82, 2.24) is 30.2 Å². The number of rotatable bonds is 6. The summed E-state index contributed by atoms with van der Waals surface area (Å²) in [4.78, 5) is 37.0. The molecule has 192 valence electrons. The van der Waals surface area contributed by atoms with E-state index >= 15 is 0 Å². The number of nitrogens with zero attached hydrogens (tertiary/aromatic N) is 6. The predicted molar refractivity (Wildman–Crippen MR) is 130 cm³/mol. The fourth-order valence-electron chi connectivity index (χ4n) is 4.41. The van der Waals surface area contributed by atoms with Gasteiger partial charge in [0, 0.05) is 62.5 Å². The molecular formula is C22H32F2N8O2S. The Morgan fingerprint density at radius 2 is 2.11 bits per heavy atom.